The van der Waals surface area contributed by atoms with Crippen molar-refractivity contribution in [1.82, 2.24) is 18.3 Å². The second kappa shape index (κ2) is 20.0. The summed E-state index contributed by atoms with van der Waals surface area (Å²) in [4.78, 5) is 0. The fraction of sp³-hybridized carbons (Fsp3) is 0. The van der Waals surface area contributed by atoms with Crippen LogP contribution in [0.15, 0.2) is 328 Å². The molecule has 18 aromatic rings. The Hall–Kier alpha value is -11.7. The first-order chi connectivity index (χ1) is 43.7. The van der Waals surface area contributed by atoms with Crippen molar-refractivity contribution in [3.05, 3.63) is 328 Å². The Morgan fingerprint density at radius 1 is 0.159 bits per heavy atom. The number of fused-ring (bicyclic) bond motifs is 12. The zero-order valence-electron chi connectivity index (χ0n) is 48.0. The maximum Gasteiger partial charge on any atom is 0.0789 e. The Bertz CT molecular complexity index is 5200. The average molecular weight is 1120 g/mol. The van der Waals surface area contributed by atoms with Gasteiger partial charge in [0.1, 0.15) is 0 Å². The van der Waals surface area contributed by atoms with E-state index < -0.39 is 0 Å². The Labute approximate surface area is 508 Å². The second-order valence-corrected chi connectivity index (χ2v) is 23.2. The predicted octanol–water partition coefficient (Wildman–Crippen LogP) is 22.4. The summed E-state index contributed by atoms with van der Waals surface area (Å²) in [5.41, 5.74) is 25.0. The molecule has 0 fully saturated rings. The van der Waals surface area contributed by atoms with Crippen molar-refractivity contribution in [2.75, 3.05) is 0 Å². The Kier molecular flexibility index (Phi) is 11.3. The van der Waals surface area contributed by atoms with E-state index in [1.54, 1.807) is 0 Å². The van der Waals surface area contributed by atoms with E-state index in [1.807, 2.05) is 0 Å². The quantitative estimate of drug-likeness (QED) is 0.137. The number of para-hydroxylation sites is 4. The van der Waals surface area contributed by atoms with E-state index in [1.165, 1.54) is 87.6 Å². The molecule has 0 saturated heterocycles. The molecule has 0 aliphatic heterocycles. The van der Waals surface area contributed by atoms with E-state index in [0.29, 0.717) is 0 Å². The van der Waals surface area contributed by atoms with E-state index in [4.69, 9.17) is 0 Å². The van der Waals surface area contributed by atoms with Crippen LogP contribution >= 0.6 is 0 Å². The maximum atomic E-state index is 2.61. The highest BCUT2D eigenvalue weighted by molar-refractivity contribution is 6.21. The van der Waals surface area contributed by atoms with E-state index >= 15 is 0 Å². The third kappa shape index (κ3) is 7.65. The van der Waals surface area contributed by atoms with Gasteiger partial charge < -0.3 is 18.3 Å². The number of hydrogen-bond acceptors (Lipinski definition) is 0. The molecular weight excluding hydrogens is 1060 g/mol. The number of rotatable bonds is 9. The molecular formula is C84H54N4. The van der Waals surface area contributed by atoms with Gasteiger partial charge in [-0.2, -0.15) is 0 Å². The minimum absolute atomic E-state index is 1.09. The van der Waals surface area contributed by atoms with Gasteiger partial charge in [-0.3, -0.25) is 0 Å². The Morgan fingerprint density at radius 3 is 0.727 bits per heavy atom. The van der Waals surface area contributed by atoms with Gasteiger partial charge in [0.25, 0.3) is 0 Å². The van der Waals surface area contributed by atoms with Gasteiger partial charge in [0.05, 0.1) is 55.5 Å². The predicted molar refractivity (Wildman–Crippen MR) is 371 cm³/mol. The highest BCUT2D eigenvalue weighted by Crippen LogP contribution is 2.50. The summed E-state index contributed by atoms with van der Waals surface area (Å²) < 4.78 is 10.3. The molecule has 4 nitrogen and oxygen atoms in total. The van der Waals surface area contributed by atoms with Crippen LogP contribution in [-0.4, -0.2) is 18.3 Å². The van der Waals surface area contributed by atoms with Gasteiger partial charge in [0.2, 0.25) is 0 Å². The lowest BCUT2D eigenvalue weighted by molar-refractivity contribution is 1.12. The monoisotopic (exact) mass is 1120 g/mol. The summed E-state index contributed by atoms with van der Waals surface area (Å²) in [5, 5.41) is 9.48. The molecule has 0 N–H and O–H groups in total. The summed E-state index contributed by atoms with van der Waals surface area (Å²) in [6, 6.07) is 121. The molecule has 0 atom stereocenters. The van der Waals surface area contributed by atoms with Crippen molar-refractivity contribution >= 4 is 87.2 Å². The smallest absolute Gasteiger partial charge is 0.0789 e. The number of nitrogens with zero attached hydrogens (tertiary/aromatic N) is 4. The largest absolute Gasteiger partial charge is 0.307 e. The number of benzene rings is 14. The molecule has 0 aliphatic carbocycles. The van der Waals surface area contributed by atoms with Crippen LogP contribution in [0.3, 0.4) is 0 Å². The fourth-order valence-corrected chi connectivity index (χ4v) is 14.4. The van der Waals surface area contributed by atoms with E-state index in [2.05, 4.69) is 346 Å². The summed E-state index contributed by atoms with van der Waals surface area (Å²) in [6.07, 6.45) is 0. The van der Waals surface area contributed by atoms with Crippen LogP contribution in [0.5, 0.6) is 0 Å². The van der Waals surface area contributed by atoms with Crippen LogP contribution in [-0.2, 0) is 0 Å². The zero-order chi connectivity index (χ0) is 57.8. The molecule has 0 bridgehead atoms. The lowest BCUT2D eigenvalue weighted by atomic mass is 9.96. The molecule has 4 heteroatoms. The standard InChI is InChI=1S/C84H54N4/c1-7-23-55(24-8-1)59-39-47-77-71(51-59)72-52-60(56-25-9-2-10-26-56)40-48-78(72)87(77)83-69(45-43-67-65-35-19-21-37-75(65)85(81(67)83)63-31-15-5-16-32-63)70-46-44-68-66-36-20-22-38-76(66)86(64-33-17-6-18-34-64)82(68)84(70)88-79-49-41-61(57-27-11-3-12-28-57)53-73(79)74-54-62(42-50-80(74)88)58-29-13-4-14-30-58/h1-54H. The lowest BCUT2D eigenvalue weighted by Gasteiger charge is -2.23. The highest BCUT2D eigenvalue weighted by atomic mass is 15.1. The van der Waals surface area contributed by atoms with Crippen LogP contribution in [0.4, 0.5) is 0 Å². The van der Waals surface area contributed by atoms with E-state index in [-0.39, 0.29) is 0 Å². The second-order valence-electron chi connectivity index (χ2n) is 23.2. The van der Waals surface area contributed by atoms with Crippen molar-refractivity contribution in [3.8, 4) is 78.4 Å². The highest BCUT2D eigenvalue weighted by Gasteiger charge is 2.29. The van der Waals surface area contributed by atoms with Gasteiger partial charge >= 0.3 is 0 Å². The molecule has 0 amide bonds. The van der Waals surface area contributed by atoms with Crippen LogP contribution in [0.25, 0.3) is 166 Å². The van der Waals surface area contributed by atoms with Gasteiger partial charge in [-0.1, -0.05) is 243 Å². The lowest BCUT2D eigenvalue weighted by Crippen LogP contribution is -2.06. The van der Waals surface area contributed by atoms with Crippen molar-refractivity contribution in [3.63, 3.8) is 0 Å². The molecule has 410 valence electrons. The van der Waals surface area contributed by atoms with E-state index in [0.717, 1.165) is 78.0 Å². The summed E-state index contributed by atoms with van der Waals surface area (Å²) in [6.45, 7) is 0. The molecule has 0 aliphatic rings. The normalized spacial score (nSPS) is 11.9. The molecule has 4 aromatic heterocycles. The van der Waals surface area contributed by atoms with Gasteiger partial charge in [0, 0.05) is 65.6 Å². The Morgan fingerprint density at radius 2 is 0.420 bits per heavy atom. The first-order valence-electron chi connectivity index (χ1n) is 30.3. The third-order valence-electron chi connectivity index (χ3n) is 18.3. The zero-order valence-corrected chi connectivity index (χ0v) is 48.0. The number of hydrogen-bond donors (Lipinski definition) is 0. The van der Waals surface area contributed by atoms with Crippen LogP contribution in [0, 0.1) is 0 Å². The molecule has 18 rings (SSSR count). The first-order valence-corrected chi connectivity index (χ1v) is 30.3. The van der Waals surface area contributed by atoms with Crippen LogP contribution in [0.2, 0.25) is 0 Å². The van der Waals surface area contributed by atoms with Crippen molar-refractivity contribution in [2.45, 2.75) is 0 Å². The van der Waals surface area contributed by atoms with Gasteiger partial charge in [0.15, 0.2) is 0 Å². The third-order valence-corrected chi connectivity index (χ3v) is 18.3. The summed E-state index contributed by atoms with van der Waals surface area (Å²) in [7, 11) is 0. The minimum Gasteiger partial charge on any atom is -0.307 e. The van der Waals surface area contributed by atoms with Crippen LogP contribution in [0.1, 0.15) is 0 Å². The molecule has 88 heavy (non-hydrogen) atoms. The fourth-order valence-electron chi connectivity index (χ4n) is 14.4. The number of aromatic nitrogens is 4. The molecule has 0 unspecified atom stereocenters. The van der Waals surface area contributed by atoms with Gasteiger partial charge in [-0.05, 0) is 129 Å². The average Bonchev–Trinajstić information content (AvgIpc) is 1.55. The molecule has 0 radical (unpaired) electrons. The first kappa shape index (κ1) is 49.7. The van der Waals surface area contributed by atoms with Crippen molar-refractivity contribution < 1.29 is 0 Å². The van der Waals surface area contributed by atoms with Crippen molar-refractivity contribution in [1.29, 1.82) is 0 Å². The Balaban J connectivity index is 1.05. The van der Waals surface area contributed by atoms with Gasteiger partial charge in [-0.25, -0.2) is 0 Å². The molecule has 4 heterocycles. The molecule has 14 aromatic carbocycles. The molecule has 0 spiro atoms. The van der Waals surface area contributed by atoms with Crippen LogP contribution < -0.4 is 0 Å². The molecule has 0 saturated carbocycles. The van der Waals surface area contributed by atoms with Crippen molar-refractivity contribution in [2.24, 2.45) is 0 Å². The maximum absolute atomic E-state index is 2.61. The summed E-state index contributed by atoms with van der Waals surface area (Å²) in [5.74, 6) is 0. The topological polar surface area (TPSA) is 19.7 Å². The van der Waals surface area contributed by atoms with Gasteiger partial charge in [-0.15, -0.1) is 0 Å². The SMILES string of the molecule is c1ccc(-c2ccc3c(c2)c2cc(-c4ccccc4)ccc2n3-c2c(-c3ccc4c5ccccc5n(-c5ccccc5)c4c3-n3c4ccc(-c5ccccc5)cc4c4cc(-c5ccccc5)ccc43)ccc3c4ccccc4n(-c4ccccc4)c23)cc1. The summed E-state index contributed by atoms with van der Waals surface area (Å²) >= 11 is 0. The minimum atomic E-state index is 1.09. The van der Waals surface area contributed by atoms with E-state index in [9.17, 15) is 0 Å².